The van der Waals surface area contributed by atoms with Gasteiger partial charge in [-0.2, -0.15) is 0 Å². The van der Waals surface area contributed by atoms with Crippen molar-refractivity contribution in [2.45, 2.75) is 12.8 Å². The van der Waals surface area contributed by atoms with Crippen molar-refractivity contribution >= 4 is 39.5 Å². The Hall–Kier alpha value is -2.71. The van der Waals surface area contributed by atoms with Gasteiger partial charge in [0.2, 0.25) is 5.91 Å². The minimum Gasteiger partial charge on any atom is -0.497 e. The van der Waals surface area contributed by atoms with E-state index in [0.717, 1.165) is 5.56 Å². The molecule has 0 spiro atoms. The summed E-state index contributed by atoms with van der Waals surface area (Å²) in [5.41, 5.74) is 1.46. The molecule has 3 rings (SSSR count). The molecule has 2 heterocycles. The molecule has 6 nitrogen and oxygen atoms in total. The molecular formula is C19H18N2O4S2. The van der Waals surface area contributed by atoms with Gasteiger partial charge in [0.05, 0.1) is 24.8 Å². The molecule has 2 aromatic heterocycles. The number of methoxy groups -OCH3 is 2. The van der Waals surface area contributed by atoms with Gasteiger partial charge in [-0.05, 0) is 29.6 Å². The smallest absolute Gasteiger partial charge is 0.226 e. The first-order valence-electron chi connectivity index (χ1n) is 8.15. The summed E-state index contributed by atoms with van der Waals surface area (Å²) in [6, 6.07) is 9.03. The maximum absolute atomic E-state index is 12.1. The number of aromatic nitrogens is 1. The molecule has 0 unspecified atom stereocenters. The number of ketones is 1. The SMILES string of the molecule is COc1ccc(OC)c(-c2csc(NC(=O)CCC(=O)c3cccs3)n2)c1. The Morgan fingerprint density at radius 1 is 1.11 bits per heavy atom. The van der Waals surface area contributed by atoms with E-state index in [1.165, 1.54) is 22.7 Å². The summed E-state index contributed by atoms with van der Waals surface area (Å²) in [6.45, 7) is 0. The van der Waals surface area contributed by atoms with Crippen molar-refractivity contribution in [3.63, 3.8) is 0 Å². The highest BCUT2D eigenvalue weighted by Crippen LogP contribution is 2.35. The summed E-state index contributed by atoms with van der Waals surface area (Å²) >= 11 is 2.70. The third-order valence-corrected chi connectivity index (χ3v) is 5.48. The summed E-state index contributed by atoms with van der Waals surface area (Å²) in [7, 11) is 3.18. The van der Waals surface area contributed by atoms with Gasteiger partial charge in [-0.15, -0.1) is 22.7 Å². The zero-order valence-corrected chi connectivity index (χ0v) is 16.5. The fourth-order valence-electron chi connectivity index (χ4n) is 2.44. The Morgan fingerprint density at radius 2 is 1.96 bits per heavy atom. The number of thiophene rings is 1. The first-order chi connectivity index (χ1) is 13.1. The molecule has 0 aliphatic heterocycles. The van der Waals surface area contributed by atoms with Crippen molar-refractivity contribution in [3.05, 3.63) is 46.0 Å². The van der Waals surface area contributed by atoms with Crippen LogP contribution in [0.5, 0.6) is 11.5 Å². The molecule has 140 valence electrons. The van der Waals surface area contributed by atoms with Gasteiger partial charge < -0.3 is 14.8 Å². The third kappa shape index (κ3) is 4.72. The molecule has 0 saturated heterocycles. The first-order valence-corrected chi connectivity index (χ1v) is 9.91. The Kier molecular flexibility index (Phi) is 6.20. The van der Waals surface area contributed by atoms with Crippen LogP contribution in [0.1, 0.15) is 22.5 Å². The van der Waals surface area contributed by atoms with Crippen molar-refractivity contribution in [3.8, 4) is 22.8 Å². The largest absolute Gasteiger partial charge is 0.497 e. The molecule has 0 aliphatic carbocycles. The number of amides is 1. The van der Waals surface area contributed by atoms with Gasteiger partial charge >= 0.3 is 0 Å². The van der Waals surface area contributed by atoms with Gasteiger partial charge in [0.25, 0.3) is 0 Å². The number of benzene rings is 1. The average molecular weight is 402 g/mol. The van der Waals surface area contributed by atoms with Crippen LogP contribution in [0.2, 0.25) is 0 Å². The maximum Gasteiger partial charge on any atom is 0.226 e. The van der Waals surface area contributed by atoms with Gasteiger partial charge in [0, 0.05) is 23.8 Å². The Morgan fingerprint density at radius 3 is 2.67 bits per heavy atom. The van der Waals surface area contributed by atoms with E-state index in [1.54, 1.807) is 20.3 Å². The summed E-state index contributed by atoms with van der Waals surface area (Å²) in [6.07, 6.45) is 0.294. The standard InChI is InChI=1S/C19H18N2O4S2/c1-24-12-5-7-16(25-2)13(10-12)14-11-27-19(20-14)21-18(23)8-6-15(22)17-4-3-9-26-17/h3-5,7,9-11H,6,8H2,1-2H3,(H,20,21,23). The van der Waals surface area contributed by atoms with Crippen LogP contribution in [0.25, 0.3) is 11.3 Å². The van der Waals surface area contributed by atoms with E-state index in [0.29, 0.717) is 27.2 Å². The topological polar surface area (TPSA) is 77.5 Å². The van der Waals surface area contributed by atoms with Crippen LogP contribution in [0.4, 0.5) is 5.13 Å². The number of nitrogens with zero attached hydrogens (tertiary/aromatic N) is 1. The van der Waals surface area contributed by atoms with E-state index in [9.17, 15) is 9.59 Å². The number of Topliss-reactive ketones (excluding diaryl/α,β-unsaturated/α-hetero) is 1. The number of rotatable bonds is 8. The molecular weight excluding hydrogens is 384 g/mol. The lowest BCUT2D eigenvalue weighted by molar-refractivity contribution is -0.116. The van der Waals surface area contributed by atoms with Gasteiger partial charge in [0.1, 0.15) is 11.5 Å². The number of hydrogen-bond acceptors (Lipinski definition) is 7. The average Bonchev–Trinajstić information content (AvgIpc) is 3.37. The molecule has 0 fully saturated rings. The molecule has 0 saturated carbocycles. The molecule has 27 heavy (non-hydrogen) atoms. The van der Waals surface area contributed by atoms with Gasteiger partial charge in [-0.3, -0.25) is 9.59 Å². The van der Waals surface area contributed by atoms with Gasteiger partial charge in [0.15, 0.2) is 10.9 Å². The summed E-state index contributed by atoms with van der Waals surface area (Å²) in [5, 5.41) is 6.90. The van der Waals surface area contributed by atoms with Crippen molar-refractivity contribution in [2.75, 3.05) is 19.5 Å². The highest BCUT2D eigenvalue weighted by molar-refractivity contribution is 7.14. The predicted octanol–water partition coefficient (Wildman–Crippen LogP) is 4.49. The van der Waals surface area contributed by atoms with E-state index in [-0.39, 0.29) is 24.5 Å². The molecule has 1 N–H and O–H groups in total. The summed E-state index contributed by atoms with van der Waals surface area (Å²) in [5.74, 6) is 1.09. The van der Waals surface area contributed by atoms with Crippen molar-refractivity contribution in [1.29, 1.82) is 0 Å². The number of carbonyl (C=O) groups excluding carboxylic acids is 2. The van der Waals surface area contributed by atoms with Crippen LogP contribution in [-0.2, 0) is 4.79 Å². The summed E-state index contributed by atoms with van der Waals surface area (Å²) in [4.78, 5) is 29.2. The first kappa shape index (κ1) is 19.1. The molecule has 0 bridgehead atoms. The molecule has 1 amide bonds. The van der Waals surface area contributed by atoms with Crippen molar-refractivity contribution in [1.82, 2.24) is 4.98 Å². The monoisotopic (exact) mass is 402 g/mol. The van der Waals surface area contributed by atoms with Crippen LogP contribution in [0.15, 0.2) is 41.1 Å². The normalized spacial score (nSPS) is 10.4. The van der Waals surface area contributed by atoms with E-state index < -0.39 is 0 Å². The second-order valence-electron chi connectivity index (χ2n) is 5.55. The van der Waals surface area contributed by atoms with Crippen molar-refractivity contribution in [2.24, 2.45) is 0 Å². The molecule has 1 aromatic carbocycles. The Balaban J connectivity index is 1.64. The van der Waals surface area contributed by atoms with Gasteiger partial charge in [-0.25, -0.2) is 4.98 Å². The van der Waals surface area contributed by atoms with Crippen LogP contribution >= 0.6 is 22.7 Å². The van der Waals surface area contributed by atoms with E-state index >= 15 is 0 Å². The predicted molar refractivity (Wildman–Crippen MR) is 107 cm³/mol. The van der Waals surface area contributed by atoms with Crippen LogP contribution in [0, 0.1) is 0 Å². The Bertz CT molecular complexity index is 935. The fourth-order valence-corrected chi connectivity index (χ4v) is 3.86. The molecule has 0 radical (unpaired) electrons. The summed E-state index contributed by atoms with van der Waals surface area (Å²) < 4.78 is 10.6. The number of ether oxygens (including phenoxy) is 2. The van der Waals surface area contributed by atoms with E-state index in [1.807, 2.05) is 35.0 Å². The second-order valence-corrected chi connectivity index (χ2v) is 7.36. The quantitative estimate of drug-likeness (QED) is 0.562. The number of carbonyl (C=O) groups is 2. The number of thiazole rings is 1. The minimum absolute atomic E-state index is 0.0268. The number of anilines is 1. The third-order valence-electron chi connectivity index (χ3n) is 3.81. The van der Waals surface area contributed by atoms with Crippen LogP contribution in [-0.4, -0.2) is 30.9 Å². The lowest BCUT2D eigenvalue weighted by Crippen LogP contribution is -2.13. The number of nitrogens with one attached hydrogen (secondary N) is 1. The number of hydrogen-bond donors (Lipinski definition) is 1. The van der Waals surface area contributed by atoms with E-state index in [2.05, 4.69) is 10.3 Å². The zero-order chi connectivity index (χ0) is 19.2. The molecule has 3 aromatic rings. The van der Waals surface area contributed by atoms with Gasteiger partial charge in [-0.1, -0.05) is 6.07 Å². The fraction of sp³-hybridized carbons (Fsp3) is 0.211. The molecule has 0 atom stereocenters. The highest BCUT2D eigenvalue weighted by Gasteiger charge is 2.14. The lowest BCUT2D eigenvalue weighted by atomic mass is 10.1. The zero-order valence-electron chi connectivity index (χ0n) is 14.9. The van der Waals surface area contributed by atoms with Crippen LogP contribution in [0.3, 0.4) is 0 Å². The second kappa shape index (κ2) is 8.79. The molecule has 0 aliphatic rings. The highest BCUT2D eigenvalue weighted by atomic mass is 32.1. The Labute approximate surface area is 164 Å². The molecule has 8 heteroatoms. The van der Waals surface area contributed by atoms with E-state index in [4.69, 9.17) is 9.47 Å². The van der Waals surface area contributed by atoms with Crippen LogP contribution < -0.4 is 14.8 Å². The maximum atomic E-state index is 12.1. The van der Waals surface area contributed by atoms with Crippen molar-refractivity contribution < 1.29 is 19.1 Å². The minimum atomic E-state index is -0.238. The lowest BCUT2D eigenvalue weighted by Gasteiger charge is -2.08.